The maximum Gasteiger partial charge on any atom is -0.0269 e. The smallest absolute Gasteiger partial charge is 0.0269 e. The van der Waals surface area contributed by atoms with E-state index in [-0.39, 0.29) is 0 Å². The van der Waals surface area contributed by atoms with Gasteiger partial charge in [-0.1, -0.05) is 439 Å². The lowest BCUT2D eigenvalue weighted by atomic mass is 9.62. The van der Waals surface area contributed by atoms with Crippen LogP contribution in [0, 0.1) is 11.3 Å². The number of unbranched alkanes of at least 4 members (excludes halogenated alkanes) is 58. The second-order valence-corrected chi connectivity index (χ2v) is 26.4. The minimum Gasteiger partial charge on any atom is -0.0654 e. The molecular weight excluding hydrogens is 901 g/mol. The minimum absolute atomic E-state index is 0.614. The molecule has 0 aliphatic heterocycles. The maximum absolute atomic E-state index is 2.35. The molecule has 0 amide bonds. The first-order valence-corrected chi connectivity index (χ1v) is 37.2. The van der Waals surface area contributed by atoms with Crippen LogP contribution in [0.15, 0.2) is 0 Å². The van der Waals surface area contributed by atoms with Crippen LogP contribution in [-0.4, -0.2) is 0 Å². The summed E-state index contributed by atoms with van der Waals surface area (Å²) in [5.74, 6) is 0.982. The summed E-state index contributed by atoms with van der Waals surface area (Å²) in [5, 5.41) is 0. The third kappa shape index (κ3) is 57.1. The molecule has 0 aromatic rings. The summed E-state index contributed by atoms with van der Waals surface area (Å²) in [6, 6.07) is 0. The van der Waals surface area contributed by atoms with E-state index in [0.717, 1.165) is 5.92 Å². The highest BCUT2D eigenvalue weighted by atomic mass is 14.4. The van der Waals surface area contributed by atoms with Crippen LogP contribution in [0.1, 0.15) is 471 Å². The Morgan fingerprint density at radius 1 is 0.147 bits per heavy atom. The fraction of sp³-hybridized carbons (Fsp3) is 1.00. The molecule has 2 unspecified atom stereocenters. The third-order valence-corrected chi connectivity index (χ3v) is 19.0. The van der Waals surface area contributed by atoms with Gasteiger partial charge in [0.05, 0.1) is 0 Å². The van der Waals surface area contributed by atoms with Crippen LogP contribution in [0.4, 0.5) is 0 Å². The van der Waals surface area contributed by atoms with Crippen molar-refractivity contribution in [2.24, 2.45) is 11.3 Å². The zero-order valence-corrected chi connectivity index (χ0v) is 54.2. The maximum atomic E-state index is 2.35. The minimum atomic E-state index is 0.614. The van der Waals surface area contributed by atoms with E-state index in [0.29, 0.717) is 5.41 Å². The lowest BCUT2D eigenvalue weighted by Gasteiger charge is -2.43. The molecule has 0 aliphatic carbocycles. The van der Waals surface area contributed by atoms with Crippen molar-refractivity contribution in [3.05, 3.63) is 0 Å². The molecular formula is C75H152. The van der Waals surface area contributed by atoms with E-state index in [1.54, 1.807) is 32.1 Å². The highest BCUT2D eigenvalue weighted by molar-refractivity contribution is 4.87. The van der Waals surface area contributed by atoms with Gasteiger partial charge >= 0.3 is 0 Å². The Kier molecular flexibility index (Phi) is 66.5. The molecule has 0 heterocycles. The van der Waals surface area contributed by atoms with Gasteiger partial charge in [0.15, 0.2) is 0 Å². The Bertz CT molecular complexity index is 965. The zero-order chi connectivity index (χ0) is 54.2. The lowest BCUT2D eigenvalue weighted by Crippen LogP contribution is -2.32. The average Bonchev–Trinajstić information content (AvgIpc) is 3.42. The highest BCUT2D eigenvalue weighted by Gasteiger charge is 2.36. The van der Waals surface area contributed by atoms with Crippen LogP contribution in [-0.2, 0) is 0 Å². The van der Waals surface area contributed by atoms with Crippen molar-refractivity contribution in [1.29, 1.82) is 0 Å². The van der Waals surface area contributed by atoms with Crippen molar-refractivity contribution in [2.75, 3.05) is 0 Å². The summed E-state index contributed by atoms with van der Waals surface area (Å²) >= 11 is 0. The fourth-order valence-electron chi connectivity index (χ4n) is 13.7. The van der Waals surface area contributed by atoms with Crippen molar-refractivity contribution < 1.29 is 0 Å². The lowest BCUT2D eigenvalue weighted by molar-refractivity contribution is 0.0813. The largest absolute Gasteiger partial charge is 0.0654 e. The monoisotopic (exact) mass is 1050 g/mol. The molecule has 452 valence electrons. The van der Waals surface area contributed by atoms with Gasteiger partial charge in [0, 0.05) is 0 Å². The van der Waals surface area contributed by atoms with Gasteiger partial charge in [-0.3, -0.25) is 0 Å². The number of rotatable bonds is 69. The second-order valence-electron chi connectivity index (χ2n) is 26.4. The first-order valence-electron chi connectivity index (χ1n) is 37.2. The molecule has 0 aliphatic rings. The normalized spacial score (nSPS) is 13.1. The van der Waals surface area contributed by atoms with E-state index in [1.165, 1.54) is 405 Å². The van der Waals surface area contributed by atoms with Crippen LogP contribution in [0.2, 0.25) is 0 Å². The van der Waals surface area contributed by atoms with Crippen molar-refractivity contribution in [2.45, 2.75) is 471 Å². The SMILES string of the molecule is CCCCCCCCCCCCCCCCC(CCCCCCCCCCCCCC)(CCCCCCCCCCCCCCC)C(CCCCCCCCCCCCC)CCCCCCCCCCCCCCC. The Balaban J connectivity index is 5.85. The molecule has 2 atom stereocenters. The quantitative estimate of drug-likeness (QED) is 0.0533. The van der Waals surface area contributed by atoms with Gasteiger partial charge in [0.25, 0.3) is 0 Å². The van der Waals surface area contributed by atoms with Crippen LogP contribution in [0.3, 0.4) is 0 Å². The van der Waals surface area contributed by atoms with Crippen LogP contribution >= 0.6 is 0 Å². The van der Waals surface area contributed by atoms with E-state index in [2.05, 4.69) is 34.6 Å². The van der Waals surface area contributed by atoms with E-state index in [9.17, 15) is 0 Å². The van der Waals surface area contributed by atoms with Crippen molar-refractivity contribution in [3.8, 4) is 0 Å². The molecule has 0 saturated heterocycles. The molecule has 0 radical (unpaired) electrons. The first kappa shape index (κ1) is 75.0. The molecule has 0 saturated carbocycles. The Morgan fingerprint density at radius 2 is 0.267 bits per heavy atom. The van der Waals surface area contributed by atoms with Gasteiger partial charge in [-0.25, -0.2) is 0 Å². The zero-order valence-electron chi connectivity index (χ0n) is 54.2. The van der Waals surface area contributed by atoms with Crippen molar-refractivity contribution in [1.82, 2.24) is 0 Å². The van der Waals surface area contributed by atoms with Gasteiger partial charge in [-0.05, 0) is 43.4 Å². The summed E-state index contributed by atoms with van der Waals surface area (Å²) in [6.45, 7) is 11.7. The fourth-order valence-corrected chi connectivity index (χ4v) is 13.7. The van der Waals surface area contributed by atoms with E-state index in [4.69, 9.17) is 0 Å². The molecule has 0 spiro atoms. The van der Waals surface area contributed by atoms with Crippen LogP contribution in [0.25, 0.3) is 0 Å². The topological polar surface area (TPSA) is 0 Å². The number of hydrogen-bond donors (Lipinski definition) is 0. The Hall–Kier alpha value is 0. The van der Waals surface area contributed by atoms with Gasteiger partial charge in [0.2, 0.25) is 0 Å². The molecule has 0 heteroatoms. The summed E-state index contributed by atoms with van der Waals surface area (Å²) in [4.78, 5) is 0. The van der Waals surface area contributed by atoms with Crippen LogP contribution in [0.5, 0.6) is 0 Å². The third-order valence-electron chi connectivity index (χ3n) is 19.0. The molecule has 0 aromatic heterocycles. The van der Waals surface area contributed by atoms with Gasteiger partial charge in [-0.2, -0.15) is 0 Å². The Labute approximate surface area is 480 Å². The molecule has 0 N–H and O–H groups in total. The number of hydrogen-bond acceptors (Lipinski definition) is 0. The molecule has 0 nitrogen and oxygen atoms in total. The average molecular weight is 1050 g/mol. The highest BCUT2D eigenvalue weighted by Crippen LogP contribution is 2.48. The summed E-state index contributed by atoms with van der Waals surface area (Å²) in [6.07, 6.45) is 101. The predicted octanol–water partition coefficient (Wildman–Crippen LogP) is 29.2. The summed E-state index contributed by atoms with van der Waals surface area (Å²) in [7, 11) is 0. The van der Waals surface area contributed by atoms with E-state index < -0.39 is 0 Å². The van der Waals surface area contributed by atoms with Crippen LogP contribution < -0.4 is 0 Å². The molecule has 0 bridgehead atoms. The predicted molar refractivity (Wildman–Crippen MR) is 348 cm³/mol. The van der Waals surface area contributed by atoms with Gasteiger partial charge in [-0.15, -0.1) is 0 Å². The Morgan fingerprint density at radius 3 is 0.413 bits per heavy atom. The molecule has 0 fully saturated rings. The van der Waals surface area contributed by atoms with Gasteiger partial charge < -0.3 is 0 Å². The van der Waals surface area contributed by atoms with Crippen molar-refractivity contribution in [3.63, 3.8) is 0 Å². The standard InChI is InChI=1S/C75H152/c1-6-11-16-21-26-31-36-40-43-48-53-58-63-68-73-75(71-66-61-56-51-46-39-34-29-24-19-14-9-4,72-67-62-57-52-47-42-38-33-28-23-18-13-8-3)74(69-64-59-54-49-44-35-30-25-20-15-10-5)70-65-60-55-50-45-41-37-32-27-22-17-12-7-2/h74H,6-73H2,1-5H3. The van der Waals surface area contributed by atoms with Gasteiger partial charge in [0.1, 0.15) is 0 Å². The first-order chi connectivity index (χ1) is 37.2. The van der Waals surface area contributed by atoms with E-state index in [1.807, 2.05) is 0 Å². The summed E-state index contributed by atoms with van der Waals surface area (Å²) < 4.78 is 0. The van der Waals surface area contributed by atoms with E-state index >= 15 is 0 Å². The second kappa shape index (κ2) is 66.5. The molecule has 0 rings (SSSR count). The molecule has 75 heavy (non-hydrogen) atoms. The molecule has 0 aromatic carbocycles. The summed E-state index contributed by atoms with van der Waals surface area (Å²) in [5.41, 5.74) is 0.614. The van der Waals surface area contributed by atoms with Crippen molar-refractivity contribution >= 4 is 0 Å².